The number of unbranched alkanes of at least 4 members (excludes halogenated alkanes) is 6. The average molecular weight is 560 g/mol. The number of esters is 1. The Morgan fingerprint density at radius 2 is 1.52 bits per heavy atom. The van der Waals surface area contributed by atoms with E-state index >= 15 is 0 Å². The van der Waals surface area contributed by atoms with E-state index in [1.807, 2.05) is 19.1 Å². The van der Waals surface area contributed by atoms with Gasteiger partial charge in [-0.25, -0.2) is 9.18 Å². The molecule has 0 amide bonds. The fraction of sp³-hybridized carbons (Fsp3) is 0.438. The van der Waals surface area contributed by atoms with Gasteiger partial charge in [-0.3, -0.25) is 4.98 Å². The summed E-state index contributed by atoms with van der Waals surface area (Å²) in [5, 5.41) is 0. The molecule has 0 aliphatic heterocycles. The molecule has 0 radical (unpaired) electrons. The molecule has 1 heterocycles. The van der Waals surface area contributed by atoms with Gasteiger partial charge in [-0.15, -0.1) is 0 Å². The highest BCUT2D eigenvalue weighted by molar-refractivity contribution is 5.78. The molecule has 1 unspecified atom stereocenters. The monoisotopic (exact) mass is 559 g/mol. The summed E-state index contributed by atoms with van der Waals surface area (Å²) in [6, 6.07) is 15.2. The molecular formula is C32H37F4NO3. The van der Waals surface area contributed by atoms with Gasteiger partial charge < -0.3 is 9.47 Å². The molecule has 3 rings (SSSR count). The second-order valence-corrected chi connectivity index (χ2v) is 9.86. The molecule has 4 nitrogen and oxygen atoms in total. The van der Waals surface area contributed by atoms with Crippen LogP contribution in [0.3, 0.4) is 0 Å². The van der Waals surface area contributed by atoms with E-state index in [-0.39, 0.29) is 17.9 Å². The van der Waals surface area contributed by atoms with Crippen LogP contribution in [-0.2, 0) is 16.0 Å². The quantitative estimate of drug-likeness (QED) is 0.0806. The molecule has 2 aromatic carbocycles. The second kappa shape index (κ2) is 15.5. The molecule has 0 aliphatic carbocycles. The summed E-state index contributed by atoms with van der Waals surface area (Å²) in [6.07, 6.45) is 2.94. The van der Waals surface area contributed by atoms with Crippen LogP contribution in [0.25, 0.3) is 22.4 Å². The van der Waals surface area contributed by atoms with Crippen molar-refractivity contribution in [2.75, 3.05) is 6.61 Å². The topological polar surface area (TPSA) is 48.4 Å². The fourth-order valence-electron chi connectivity index (χ4n) is 4.31. The molecule has 0 spiro atoms. The zero-order chi connectivity index (χ0) is 29.0. The molecule has 0 bridgehead atoms. The smallest absolute Gasteiger partial charge is 0.424 e. The zero-order valence-corrected chi connectivity index (χ0v) is 23.1. The molecule has 0 aliphatic rings. The van der Waals surface area contributed by atoms with Crippen molar-refractivity contribution in [3.63, 3.8) is 0 Å². The van der Waals surface area contributed by atoms with Gasteiger partial charge in [-0.05, 0) is 43.0 Å². The first kappa shape index (κ1) is 31.3. The maximum absolute atomic E-state index is 14.9. The number of aryl methyl sites for hydroxylation is 1. The number of ether oxygens (including phenoxy) is 2. The Kier molecular flexibility index (Phi) is 12.1. The number of benzene rings is 2. The molecule has 3 aromatic rings. The van der Waals surface area contributed by atoms with Gasteiger partial charge >= 0.3 is 12.1 Å². The molecule has 0 saturated heterocycles. The van der Waals surface area contributed by atoms with Crippen LogP contribution in [0, 0.1) is 5.82 Å². The summed E-state index contributed by atoms with van der Waals surface area (Å²) in [5.41, 5.74) is 3.63. The first-order valence-electron chi connectivity index (χ1n) is 14.0. The molecule has 1 aromatic heterocycles. The average Bonchev–Trinajstić information content (AvgIpc) is 2.93. The van der Waals surface area contributed by atoms with Crippen LogP contribution in [0.5, 0.6) is 5.75 Å². The maximum atomic E-state index is 14.9. The summed E-state index contributed by atoms with van der Waals surface area (Å²) in [5.74, 6) is -2.73. The number of alkyl halides is 3. The predicted octanol–water partition coefficient (Wildman–Crippen LogP) is 9.11. The zero-order valence-electron chi connectivity index (χ0n) is 23.1. The summed E-state index contributed by atoms with van der Waals surface area (Å²) < 4.78 is 64.3. The van der Waals surface area contributed by atoms with Crippen molar-refractivity contribution in [1.82, 2.24) is 4.98 Å². The lowest BCUT2D eigenvalue weighted by Gasteiger charge is -2.19. The lowest BCUT2D eigenvalue weighted by atomic mass is 10.0. The number of carbonyl (C=O) groups excluding carboxylic acids is 1. The molecule has 0 N–H and O–H groups in total. The third-order valence-electron chi connectivity index (χ3n) is 6.60. The lowest BCUT2D eigenvalue weighted by molar-refractivity contribution is -0.225. The molecule has 8 heteroatoms. The van der Waals surface area contributed by atoms with Gasteiger partial charge in [0.05, 0.1) is 5.69 Å². The predicted molar refractivity (Wildman–Crippen MR) is 148 cm³/mol. The van der Waals surface area contributed by atoms with Crippen LogP contribution in [0.15, 0.2) is 60.8 Å². The third-order valence-corrected chi connectivity index (χ3v) is 6.60. The Balaban J connectivity index is 1.62. The maximum Gasteiger partial charge on any atom is 0.425 e. The minimum absolute atomic E-state index is 0.181. The van der Waals surface area contributed by atoms with Gasteiger partial charge in [0.15, 0.2) is 0 Å². The first-order valence-corrected chi connectivity index (χ1v) is 14.0. The Labute approximate surface area is 233 Å². The van der Waals surface area contributed by atoms with E-state index in [9.17, 15) is 22.4 Å². The molecular weight excluding hydrogens is 522 g/mol. The highest BCUT2D eigenvalue weighted by Gasteiger charge is 2.47. The van der Waals surface area contributed by atoms with Crippen molar-refractivity contribution in [3.8, 4) is 28.1 Å². The van der Waals surface area contributed by atoms with E-state index in [1.54, 1.807) is 12.1 Å². The van der Waals surface area contributed by atoms with E-state index in [1.165, 1.54) is 56.0 Å². The van der Waals surface area contributed by atoms with E-state index in [0.29, 0.717) is 18.4 Å². The van der Waals surface area contributed by atoms with Crippen LogP contribution in [0.2, 0.25) is 0 Å². The van der Waals surface area contributed by atoms with E-state index in [0.717, 1.165) is 30.2 Å². The van der Waals surface area contributed by atoms with Gasteiger partial charge in [0.25, 0.3) is 6.10 Å². The Bertz CT molecular complexity index is 1190. The number of hydrogen-bond donors (Lipinski definition) is 0. The minimum Gasteiger partial charge on any atom is -0.424 e. The summed E-state index contributed by atoms with van der Waals surface area (Å²) in [6.45, 7) is 3.87. The molecule has 0 saturated carbocycles. The number of halogens is 4. The summed E-state index contributed by atoms with van der Waals surface area (Å²) in [7, 11) is 0. The largest absolute Gasteiger partial charge is 0.425 e. The Hall–Kier alpha value is -3.26. The van der Waals surface area contributed by atoms with E-state index in [2.05, 4.69) is 24.0 Å². The lowest BCUT2D eigenvalue weighted by Crippen LogP contribution is -2.42. The SMILES string of the molecule is CCCCCCCc1ccc(-c2ccc(-c3ccc(OC(=O)C(OCCCCC)C(F)(F)F)cc3F)cn2)cc1. The normalized spacial score (nSPS) is 12.3. The number of hydrogen-bond acceptors (Lipinski definition) is 4. The highest BCUT2D eigenvalue weighted by Crippen LogP contribution is 2.30. The molecule has 1 atom stereocenters. The second-order valence-electron chi connectivity index (χ2n) is 9.86. The van der Waals surface area contributed by atoms with Crippen molar-refractivity contribution >= 4 is 5.97 Å². The van der Waals surface area contributed by atoms with Gasteiger partial charge in [-0.1, -0.05) is 82.7 Å². The van der Waals surface area contributed by atoms with Crippen LogP contribution < -0.4 is 4.74 Å². The number of pyridine rings is 1. The minimum atomic E-state index is -4.94. The number of carbonyl (C=O) groups is 1. The van der Waals surface area contributed by atoms with Gasteiger partial charge in [-0.2, -0.15) is 13.2 Å². The third kappa shape index (κ3) is 9.44. The Morgan fingerprint density at radius 3 is 2.15 bits per heavy atom. The van der Waals surface area contributed by atoms with Crippen LogP contribution in [-0.4, -0.2) is 29.8 Å². The Morgan fingerprint density at radius 1 is 0.850 bits per heavy atom. The van der Waals surface area contributed by atoms with Crippen molar-refractivity contribution in [1.29, 1.82) is 0 Å². The number of nitrogens with zero attached hydrogens (tertiary/aromatic N) is 1. The fourth-order valence-corrected chi connectivity index (χ4v) is 4.31. The van der Waals surface area contributed by atoms with E-state index < -0.39 is 24.1 Å². The summed E-state index contributed by atoms with van der Waals surface area (Å²) >= 11 is 0. The van der Waals surface area contributed by atoms with Crippen molar-refractivity contribution < 1.29 is 31.8 Å². The summed E-state index contributed by atoms with van der Waals surface area (Å²) in [4.78, 5) is 16.6. The molecule has 0 fully saturated rings. The van der Waals surface area contributed by atoms with Crippen molar-refractivity contribution in [2.45, 2.75) is 83.9 Å². The van der Waals surface area contributed by atoms with Gasteiger partial charge in [0.1, 0.15) is 11.6 Å². The van der Waals surface area contributed by atoms with Crippen LogP contribution in [0.1, 0.15) is 70.8 Å². The van der Waals surface area contributed by atoms with Crippen molar-refractivity contribution in [2.24, 2.45) is 0 Å². The van der Waals surface area contributed by atoms with Gasteiger partial charge in [0, 0.05) is 35.6 Å². The molecule has 40 heavy (non-hydrogen) atoms. The number of rotatable bonds is 15. The van der Waals surface area contributed by atoms with E-state index in [4.69, 9.17) is 9.47 Å². The molecule has 216 valence electrons. The number of aromatic nitrogens is 1. The van der Waals surface area contributed by atoms with Crippen LogP contribution >= 0.6 is 0 Å². The van der Waals surface area contributed by atoms with Crippen LogP contribution in [0.4, 0.5) is 17.6 Å². The first-order chi connectivity index (χ1) is 19.2. The van der Waals surface area contributed by atoms with Crippen molar-refractivity contribution in [3.05, 3.63) is 72.2 Å². The van der Waals surface area contributed by atoms with Gasteiger partial charge in [0.2, 0.25) is 0 Å². The highest BCUT2D eigenvalue weighted by atomic mass is 19.4. The standard InChI is InChI=1S/C32H37F4NO3/c1-3-5-7-8-9-11-23-12-14-24(15-13-23)29-19-16-25(22-37-29)27-18-17-26(21-28(27)33)40-31(38)30(32(34,35)36)39-20-10-6-4-2/h12-19,21-22,30H,3-11,20H2,1-2H3.